The van der Waals surface area contributed by atoms with Crippen LogP contribution in [0.5, 0.6) is 11.5 Å². The number of nitrogens with zero attached hydrogens (tertiary/aromatic N) is 4. The molecule has 1 atom stereocenters. The lowest BCUT2D eigenvalue weighted by atomic mass is 10.1. The maximum atomic E-state index is 12.2. The van der Waals surface area contributed by atoms with Gasteiger partial charge in [0, 0.05) is 24.8 Å². The number of benzene rings is 2. The molecule has 0 radical (unpaired) electrons. The van der Waals surface area contributed by atoms with E-state index in [1.54, 1.807) is 0 Å². The van der Waals surface area contributed by atoms with Gasteiger partial charge in [-0.2, -0.15) is 13.5 Å². The highest BCUT2D eigenvalue weighted by Gasteiger charge is 2.26. The normalized spacial score (nSPS) is 15.5. The van der Waals surface area contributed by atoms with Gasteiger partial charge in [0.1, 0.15) is 29.3 Å². The van der Waals surface area contributed by atoms with Crippen molar-refractivity contribution in [3.05, 3.63) is 79.8 Å². The molecule has 1 aliphatic rings. The maximum absolute atomic E-state index is 12.2. The van der Waals surface area contributed by atoms with Crippen molar-refractivity contribution in [3.63, 3.8) is 0 Å². The Labute approximate surface area is 205 Å². The number of hydrogen-bond acceptors (Lipinski definition) is 5. The Morgan fingerprint density at radius 3 is 2.56 bits per heavy atom. The van der Waals surface area contributed by atoms with Crippen molar-refractivity contribution in [2.75, 3.05) is 18.8 Å². The SMILES string of the molecule is C=CC(=O)N1CCC[C@H](n2cc(-c3ccc(Oc4ccccc4)cc3)c3c(N)ncnc32)C1.S. The summed E-state index contributed by atoms with van der Waals surface area (Å²) in [6.45, 7) is 4.98. The van der Waals surface area contributed by atoms with Gasteiger partial charge in [0.15, 0.2) is 0 Å². The first-order chi connectivity index (χ1) is 16.1. The van der Waals surface area contributed by atoms with Crippen molar-refractivity contribution in [1.82, 2.24) is 19.4 Å². The quantitative estimate of drug-likeness (QED) is 0.415. The van der Waals surface area contributed by atoms with Crippen LogP contribution < -0.4 is 10.5 Å². The van der Waals surface area contributed by atoms with Crippen molar-refractivity contribution >= 4 is 36.3 Å². The molecular formula is C26H27N5O2S. The van der Waals surface area contributed by atoms with Crippen LogP contribution in [-0.4, -0.2) is 38.4 Å². The highest BCUT2D eigenvalue weighted by atomic mass is 32.1. The molecule has 1 fully saturated rings. The first-order valence-corrected chi connectivity index (χ1v) is 11.0. The summed E-state index contributed by atoms with van der Waals surface area (Å²) in [4.78, 5) is 22.8. The topological polar surface area (TPSA) is 86.3 Å². The van der Waals surface area contributed by atoms with Crippen LogP contribution >= 0.6 is 13.5 Å². The minimum atomic E-state index is -0.0421. The van der Waals surface area contributed by atoms with Gasteiger partial charge in [0.2, 0.25) is 5.91 Å². The number of ether oxygens (including phenoxy) is 1. The average molecular weight is 474 g/mol. The van der Waals surface area contributed by atoms with Gasteiger partial charge in [0.25, 0.3) is 0 Å². The number of nitrogen functional groups attached to an aromatic ring is 1. The third kappa shape index (κ3) is 4.49. The summed E-state index contributed by atoms with van der Waals surface area (Å²) in [5.41, 5.74) is 9.03. The van der Waals surface area contributed by atoms with Crippen LogP contribution in [0.1, 0.15) is 18.9 Å². The fraction of sp³-hybridized carbons (Fsp3) is 0.192. The first kappa shape index (κ1) is 23.4. The molecule has 2 aromatic heterocycles. The van der Waals surface area contributed by atoms with E-state index in [2.05, 4.69) is 27.3 Å². The number of hydrogen-bond donors (Lipinski definition) is 1. The summed E-state index contributed by atoms with van der Waals surface area (Å²) in [5.74, 6) is 1.94. The molecule has 4 aromatic rings. The molecule has 5 rings (SSSR count). The van der Waals surface area contributed by atoms with E-state index in [1.165, 1.54) is 12.4 Å². The van der Waals surface area contributed by atoms with E-state index in [0.717, 1.165) is 53.0 Å². The van der Waals surface area contributed by atoms with Gasteiger partial charge < -0.3 is 19.9 Å². The number of aromatic nitrogens is 3. The summed E-state index contributed by atoms with van der Waals surface area (Å²) < 4.78 is 8.06. The Hall–Kier alpha value is -3.78. The molecule has 1 aliphatic heterocycles. The van der Waals surface area contributed by atoms with E-state index in [9.17, 15) is 4.79 Å². The fourth-order valence-electron chi connectivity index (χ4n) is 4.44. The number of fused-ring (bicyclic) bond motifs is 1. The highest BCUT2D eigenvalue weighted by molar-refractivity contribution is 7.59. The number of nitrogens with two attached hydrogens (primary N) is 1. The number of likely N-dealkylation sites (tertiary alicyclic amines) is 1. The van der Waals surface area contributed by atoms with E-state index < -0.39 is 0 Å². The predicted octanol–water partition coefficient (Wildman–Crippen LogP) is 4.94. The van der Waals surface area contributed by atoms with Crippen molar-refractivity contribution < 1.29 is 9.53 Å². The molecule has 0 aliphatic carbocycles. The minimum absolute atomic E-state index is 0. The smallest absolute Gasteiger partial charge is 0.246 e. The van der Waals surface area contributed by atoms with E-state index in [4.69, 9.17) is 10.5 Å². The second-order valence-corrected chi connectivity index (χ2v) is 8.13. The van der Waals surface area contributed by atoms with Gasteiger partial charge in [-0.15, -0.1) is 0 Å². The Bertz CT molecular complexity index is 1300. The highest BCUT2D eigenvalue weighted by Crippen LogP contribution is 2.37. The van der Waals surface area contributed by atoms with E-state index >= 15 is 0 Å². The van der Waals surface area contributed by atoms with E-state index in [1.807, 2.05) is 59.5 Å². The zero-order valence-corrected chi connectivity index (χ0v) is 19.7. The van der Waals surface area contributed by atoms with Gasteiger partial charge in [-0.3, -0.25) is 4.79 Å². The molecule has 0 bridgehead atoms. The summed E-state index contributed by atoms with van der Waals surface area (Å²) in [6.07, 6.45) is 6.82. The van der Waals surface area contributed by atoms with Crippen molar-refractivity contribution in [2.24, 2.45) is 0 Å². The van der Waals surface area contributed by atoms with Crippen LogP contribution in [0.2, 0.25) is 0 Å². The molecule has 2 N–H and O–H groups in total. The molecule has 8 heteroatoms. The number of carbonyl (C=O) groups is 1. The second kappa shape index (κ2) is 10.0. The van der Waals surface area contributed by atoms with Crippen LogP contribution in [-0.2, 0) is 4.79 Å². The molecule has 1 amide bonds. The van der Waals surface area contributed by atoms with Crippen LogP contribution in [0.15, 0.2) is 79.8 Å². The van der Waals surface area contributed by atoms with Gasteiger partial charge in [-0.05, 0) is 48.7 Å². The monoisotopic (exact) mass is 473 g/mol. The Balaban J connectivity index is 0.00000274. The zero-order chi connectivity index (χ0) is 22.8. The van der Waals surface area contributed by atoms with Gasteiger partial charge in [-0.25, -0.2) is 9.97 Å². The van der Waals surface area contributed by atoms with E-state index in [-0.39, 0.29) is 25.4 Å². The molecule has 174 valence electrons. The molecule has 0 spiro atoms. The molecule has 0 saturated carbocycles. The Morgan fingerprint density at radius 1 is 1.09 bits per heavy atom. The number of amides is 1. The maximum Gasteiger partial charge on any atom is 0.246 e. The lowest BCUT2D eigenvalue weighted by Crippen LogP contribution is -2.39. The summed E-state index contributed by atoms with van der Waals surface area (Å²) >= 11 is 0. The third-order valence-electron chi connectivity index (χ3n) is 6.06. The molecule has 34 heavy (non-hydrogen) atoms. The zero-order valence-electron chi connectivity index (χ0n) is 18.7. The summed E-state index contributed by atoms with van der Waals surface area (Å²) in [5, 5.41) is 0.821. The van der Waals surface area contributed by atoms with Crippen molar-refractivity contribution in [1.29, 1.82) is 0 Å². The standard InChI is InChI=1S/C26H25N5O2.H2S/c1-2-23(32)30-14-6-7-19(15-30)31-16-22(24-25(27)28-17-29-26(24)31)18-10-12-21(13-11-18)33-20-8-4-3-5-9-20;/h2-5,8-13,16-17,19H,1,6-7,14-15H2,(H2,27,28,29);1H2/t19-;/m0./s1. The molecule has 1 saturated heterocycles. The number of piperidine rings is 1. The third-order valence-corrected chi connectivity index (χ3v) is 6.06. The van der Waals surface area contributed by atoms with Crippen molar-refractivity contribution in [2.45, 2.75) is 18.9 Å². The van der Waals surface area contributed by atoms with Gasteiger partial charge in [-0.1, -0.05) is 36.9 Å². The lowest BCUT2D eigenvalue weighted by Gasteiger charge is -2.33. The number of carbonyl (C=O) groups excluding carboxylic acids is 1. The van der Waals surface area contributed by atoms with Gasteiger partial charge in [0.05, 0.1) is 11.4 Å². The molecule has 0 unspecified atom stereocenters. The summed E-state index contributed by atoms with van der Waals surface area (Å²) in [7, 11) is 0. The van der Waals surface area contributed by atoms with Crippen LogP contribution in [0.4, 0.5) is 5.82 Å². The van der Waals surface area contributed by atoms with Crippen LogP contribution in [0, 0.1) is 0 Å². The number of para-hydroxylation sites is 1. The molecular weight excluding hydrogens is 446 g/mol. The molecule has 3 heterocycles. The number of rotatable bonds is 5. The second-order valence-electron chi connectivity index (χ2n) is 8.13. The Kier molecular flexibility index (Phi) is 6.88. The largest absolute Gasteiger partial charge is 0.457 e. The number of anilines is 1. The molecule has 2 aromatic carbocycles. The van der Waals surface area contributed by atoms with E-state index in [0.29, 0.717) is 12.4 Å². The molecule has 7 nitrogen and oxygen atoms in total. The predicted molar refractivity (Wildman–Crippen MR) is 139 cm³/mol. The lowest BCUT2D eigenvalue weighted by molar-refractivity contribution is -0.127. The average Bonchev–Trinajstić information content (AvgIpc) is 3.26. The fourth-order valence-corrected chi connectivity index (χ4v) is 4.44. The Morgan fingerprint density at radius 2 is 1.82 bits per heavy atom. The summed E-state index contributed by atoms with van der Waals surface area (Å²) in [6, 6.07) is 17.7. The van der Waals surface area contributed by atoms with Gasteiger partial charge >= 0.3 is 0 Å². The minimum Gasteiger partial charge on any atom is -0.457 e. The first-order valence-electron chi connectivity index (χ1n) is 11.0. The van der Waals surface area contributed by atoms with Crippen LogP contribution in [0.25, 0.3) is 22.2 Å². The van der Waals surface area contributed by atoms with Crippen molar-refractivity contribution in [3.8, 4) is 22.6 Å². The van der Waals surface area contributed by atoms with Crippen LogP contribution in [0.3, 0.4) is 0 Å².